The van der Waals surface area contributed by atoms with Gasteiger partial charge in [-0.05, 0) is 53.5 Å². The lowest BCUT2D eigenvalue weighted by atomic mass is 9.81. The summed E-state index contributed by atoms with van der Waals surface area (Å²) >= 11 is 6.18. The van der Waals surface area contributed by atoms with E-state index >= 15 is 0 Å². The Kier molecular flexibility index (Phi) is 5.58. The molecule has 0 saturated carbocycles. The van der Waals surface area contributed by atoms with Crippen molar-refractivity contribution in [3.63, 3.8) is 0 Å². The number of halogens is 1. The van der Waals surface area contributed by atoms with Gasteiger partial charge in [0.05, 0.1) is 31.6 Å². The molecule has 1 unspecified atom stereocenters. The molecule has 0 aliphatic carbocycles. The molecule has 1 atom stereocenters. The van der Waals surface area contributed by atoms with Crippen LogP contribution in [0.2, 0.25) is 5.02 Å². The van der Waals surface area contributed by atoms with Crippen LogP contribution in [0, 0.1) is 11.3 Å². The number of nitrogens with zero attached hydrogens (tertiary/aromatic N) is 2. The van der Waals surface area contributed by atoms with Gasteiger partial charge >= 0.3 is 0 Å². The number of rotatable bonds is 4. The maximum Gasteiger partial charge on any atom is 0.161 e. The Hall–Kier alpha value is -3.68. The minimum Gasteiger partial charge on any atom is -0.493 e. The highest BCUT2D eigenvalue weighted by atomic mass is 35.5. The molecule has 0 fully saturated rings. The van der Waals surface area contributed by atoms with E-state index in [-0.39, 0.29) is 5.92 Å². The van der Waals surface area contributed by atoms with Crippen molar-refractivity contribution in [1.82, 2.24) is 4.90 Å². The summed E-state index contributed by atoms with van der Waals surface area (Å²) in [6, 6.07) is 24.6. The average molecular weight is 455 g/mol. The first-order valence-corrected chi connectivity index (χ1v) is 11.2. The van der Waals surface area contributed by atoms with Gasteiger partial charge in [-0.3, -0.25) is 0 Å². The molecule has 0 radical (unpaired) electrons. The summed E-state index contributed by atoms with van der Waals surface area (Å²) in [5.74, 6) is 1.20. The van der Waals surface area contributed by atoms with Crippen LogP contribution >= 0.6 is 11.6 Å². The van der Waals surface area contributed by atoms with E-state index in [0.29, 0.717) is 16.5 Å². The summed E-state index contributed by atoms with van der Waals surface area (Å²) in [5, 5.41) is 11.1. The molecule has 0 aromatic heterocycles. The minimum absolute atomic E-state index is 0.160. The zero-order valence-corrected chi connectivity index (χ0v) is 19.3. The molecule has 164 valence electrons. The highest BCUT2D eigenvalue weighted by Crippen LogP contribution is 2.48. The summed E-state index contributed by atoms with van der Waals surface area (Å²) in [7, 11) is 3.28. The van der Waals surface area contributed by atoms with Crippen LogP contribution in [0.25, 0.3) is 11.4 Å². The van der Waals surface area contributed by atoms with Crippen molar-refractivity contribution < 1.29 is 9.47 Å². The molecule has 33 heavy (non-hydrogen) atoms. The molecular weight excluding hydrogens is 432 g/mol. The molecule has 0 amide bonds. The molecule has 5 heteroatoms. The summed E-state index contributed by atoms with van der Waals surface area (Å²) in [4.78, 5) is 2.26. The Bertz CT molecular complexity index is 1300. The molecule has 0 saturated heterocycles. The maximum absolute atomic E-state index is 10.4. The standard InChI is InChI=1S/C28H23ClN2O2/c1-32-26-14-20-12-13-31-25(19-8-10-21(29)11-9-19)15-22(18-6-4-3-5-7-18)24(17-30)28(31)23(20)16-27(26)33-2/h3-11,14-16,22H,12-13H2,1-2H3. The highest BCUT2D eigenvalue weighted by molar-refractivity contribution is 6.30. The third-order valence-corrected chi connectivity index (χ3v) is 6.59. The second-order valence-corrected chi connectivity index (χ2v) is 8.52. The van der Waals surface area contributed by atoms with Crippen LogP contribution in [0.3, 0.4) is 0 Å². The fourth-order valence-electron chi connectivity index (χ4n) is 4.77. The number of methoxy groups -OCH3 is 2. The normalized spacial score (nSPS) is 17.0. The number of hydrogen-bond donors (Lipinski definition) is 0. The predicted molar refractivity (Wildman–Crippen MR) is 131 cm³/mol. The Morgan fingerprint density at radius 2 is 1.67 bits per heavy atom. The first-order chi connectivity index (χ1) is 16.1. The van der Waals surface area contributed by atoms with Crippen molar-refractivity contribution in [2.24, 2.45) is 0 Å². The predicted octanol–water partition coefficient (Wildman–Crippen LogP) is 6.29. The quantitative estimate of drug-likeness (QED) is 0.464. The Balaban J connectivity index is 1.76. The van der Waals surface area contributed by atoms with Gasteiger partial charge in [0.15, 0.2) is 11.5 Å². The molecule has 0 spiro atoms. The summed E-state index contributed by atoms with van der Waals surface area (Å²) in [6.07, 6.45) is 3.03. The minimum atomic E-state index is -0.160. The van der Waals surface area contributed by atoms with Gasteiger partial charge in [-0.25, -0.2) is 0 Å². The third kappa shape index (κ3) is 3.65. The molecule has 0 N–H and O–H groups in total. The summed E-state index contributed by atoms with van der Waals surface area (Å²) in [6.45, 7) is 0.763. The van der Waals surface area contributed by atoms with Crippen molar-refractivity contribution in [1.29, 1.82) is 5.26 Å². The summed E-state index contributed by atoms with van der Waals surface area (Å²) in [5.41, 5.74) is 7.05. The van der Waals surface area contributed by atoms with Gasteiger partial charge in [0.25, 0.3) is 0 Å². The fourth-order valence-corrected chi connectivity index (χ4v) is 4.89. The number of nitriles is 1. The maximum atomic E-state index is 10.4. The molecule has 2 heterocycles. The number of ether oxygens (including phenoxy) is 2. The largest absolute Gasteiger partial charge is 0.493 e. The zero-order chi connectivity index (χ0) is 22.9. The molecular formula is C28H23ClN2O2. The smallest absolute Gasteiger partial charge is 0.161 e. The van der Waals surface area contributed by atoms with Gasteiger partial charge in [-0.1, -0.05) is 54.1 Å². The van der Waals surface area contributed by atoms with Crippen LogP contribution in [-0.4, -0.2) is 25.7 Å². The Morgan fingerprint density at radius 3 is 2.33 bits per heavy atom. The highest BCUT2D eigenvalue weighted by Gasteiger charge is 2.35. The van der Waals surface area contributed by atoms with E-state index in [1.165, 1.54) is 0 Å². The zero-order valence-electron chi connectivity index (χ0n) is 18.5. The first-order valence-electron chi connectivity index (χ1n) is 10.8. The molecule has 4 nitrogen and oxygen atoms in total. The number of allylic oxidation sites excluding steroid dienone is 2. The third-order valence-electron chi connectivity index (χ3n) is 6.34. The molecule has 2 aliphatic rings. The number of benzene rings is 3. The van der Waals surface area contributed by atoms with E-state index in [0.717, 1.165) is 52.2 Å². The number of hydrogen-bond acceptors (Lipinski definition) is 4. The van der Waals surface area contributed by atoms with Crippen molar-refractivity contribution >= 4 is 23.0 Å². The van der Waals surface area contributed by atoms with Crippen LogP contribution < -0.4 is 9.47 Å². The second kappa shape index (κ2) is 8.69. The van der Waals surface area contributed by atoms with Crippen molar-refractivity contribution in [3.8, 4) is 17.6 Å². The molecule has 5 rings (SSSR count). The lowest BCUT2D eigenvalue weighted by Gasteiger charge is -2.40. The lowest BCUT2D eigenvalue weighted by molar-refractivity contribution is 0.353. The summed E-state index contributed by atoms with van der Waals surface area (Å²) < 4.78 is 11.1. The fraction of sp³-hybridized carbons (Fsp3) is 0.179. The SMILES string of the molecule is COc1cc2c(cc1OC)C1=C(C#N)C(c3ccccc3)C=C(c3ccc(Cl)cc3)N1CC2. The van der Waals surface area contributed by atoms with Crippen LogP contribution in [0.4, 0.5) is 0 Å². The van der Waals surface area contributed by atoms with Gasteiger partial charge < -0.3 is 14.4 Å². The van der Waals surface area contributed by atoms with Crippen LogP contribution in [-0.2, 0) is 6.42 Å². The van der Waals surface area contributed by atoms with E-state index in [4.69, 9.17) is 21.1 Å². The van der Waals surface area contributed by atoms with Crippen LogP contribution in [0.15, 0.2) is 78.4 Å². The topological polar surface area (TPSA) is 45.5 Å². The van der Waals surface area contributed by atoms with E-state index in [9.17, 15) is 5.26 Å². The lowest BCUT2D eigenvalue weighted by Crippen LogP contribution is -2.32. The van der Waals surface area contributed by atoms with Crippen molar-refractivity contribution in [2.45, 2.75) is 12.3 Å². The second-order valence-electron chi connectivity index (χ2n) is 8.09. The van der Waals surface area contributed by atoms with Crippen molar-refractivity contribution in [3.05, 3.63) is 106 Å². The van der Waals surface area contributed by atoms with Gasteiger partial charge in [0.2, 0.25) is 0 Å². The van der Waals surface area contributed by atoms with Gasteiger partial charge in [0, 0.05) is 28.7 Å². The molecule has 3 aromatic carbocycles. The number of fused-ring (bicyclic) bond motifs is 3. The monoisotopic (exact) mass is 454 g/mol. The van der Waals surface area contributed by atoms with Gasteiger partial charge in [-0.15, -0.1) is 0 Å². The Morgan fingerprint density at radius 1 is 0.970 bits per heavy atom. The average Bonchev–Trinajstić information content (AvgIpc) is 2.87. The van der Waals surface area contributed by atoms with Crippen LogP contribution in [0.5, 0.6) is 11.5 Å². The first kappa shape index (κ1) is 21.2. The van der Waals surface area contributed by atoms with E-state index in [1.54, 1.807) is 14.2 Å². The molecule has 0 bridgehead atoms. The molecule has 2 aliphatic heterocycles. The van der Waals surface area contributed by atoms with Gasteiger partial charge in [-0.2, -0.15) is 5.26 Å². The van der Waals surface area contributed by atoms with Crippen LogP contribution in [0.1, 0.15) is 28.2 Å². The van der Waals surface area contributed by atoms with Gasteiger partial charge in [0.1, 0.15) is 0 Å². The Labute approximate surface area is 198 Å². The van der Waals surface area contributed by atoms with E-state index in [1.807, 2.05) is 54.6 Å². The molecule has 3 aromatic rings. The van der Waals surface area contributed by atoms with E-state index in [2.05, 4.69) is 29.2 Å². The van der Waals surface area contributed by atoms with Crippen molar-refractivity contribution in [2.75, 3.05) is 20.8 Å². The van der Waals surface area contributed by atoms with E-state index < -0.39 is 0 Å².